The van der Waals surface area contributed by atoms with Crippen LogP contribution in [0.1, 0.15) is 21.1 Å². The second-order valence-electron chi connectivity index (χ2n) is 6.47. The Hall–Kier alpha value is -3.11. The van der Waals surface area contributed by atoms with Crippen LogP contribution in [0.15, 0.2) is 47.8 Å². The van der Waals surface area contributed by atoms with E-state index < -0.39 is 15.9 Å². The number of hydrogen-bond donors (Lipinski definition) is 2. The number of thiazole rings is 1. The second-order valence-corrected chi connectivity index (χ2v) is 9.16. The summed E-state index contributed by atoms with van der Waals surface area (Å²) in [6, 6.07) is 12.3. The Bertz CT molecular complexity index is 1140. The fraction of sp³-hybridized carbons (Fsp3) is 0.200. The number of benzene rings is 2. The number of aromatic nitrogens is 1. The summed E-state index contributed by atoms with van der Waals surface area (Å²) in [7, 11) is -2.04. The van der Waals surface area contributed by atoms with Gasteiger partial charge in [-0.1, -0.05) is 17.7 Å². The summed E-state index contributed by atoms with van der Waals surface area (Å²) in [4.78, 5) is 16.8. The fourth-order valence-corrected chi connectivity index (χ4v) is 3.76. The molecule has 0 unspecified atom stereocenters. The quantitative estimate of drug-likeness (QED) is 0.546. The summed E-state index contributed by atoms with van der Waals surface area (Å²) in [5, 5.41) is 5.05. The van der Waals surface area contributed by atoms with E-state index >= 15 is 0 Å². The van der Waals surface area contributed by atoms with Crippen molar-refractivity contribution in [1.82, 2.24) is 4.98 Å². The van der Waals surface area contributed by atoms with Crippen LogP contribution in [0.4, 0.5) is 11.4 Å². The maximum Gasteiger partial charge on any atom is 0.275 e. The van der Waals surface area contributed by atoms with Crippen LogP contribution in [0.25, 0.3) is 0 Å². The number of carbonyl (C=O) groups excluding carboxylic acids is 1. The highest BCUT2D eigenvalue weighted by Crippen LogP contribution is 2.29. The highest BCUT2D eigenvalue weighted by atomic mass is 32.2. The summed E-state index contributed by atoms with van der Waals surface area (Å²) in [6.45, 7) is 2.27. The summed E-state index contributed by atoms with van der Waals surface area (Å²) in [5.74, 6) is 0.624. The first-order chi connectivity index (χ1) is 14.2. The summed E-state index contributed by atoms with van der Waals surface area (Å²) >= 11 is 1.33. The first kappa shape index (κ1) is 21.6. The monoisotopic (exact) mass is 447 g/mol. The van der Waals surface area contributed by atoms with Gasteiger partial charge in [0.15, 0.2) is 0 Å². The van der Waals surface area contributed by atoms with Crippen LogP contribution < -0.4 is 19.5 Å². The van der Waals surface area contributed by atoms with Crippen LogP contribution in [-0.4, -0.2) is 32.7 Å². The van der Waals surface area contributed by atoms with Gasteiger partial charge in [-0.05, 0) is 31.2 Å². The molecule has 10 heteroatoms. The van der Waals surface area contributed by atoms with Crippen molar-refractivity contribution >= 4 is 38.6 Å². The molecule has 8 nitrogen and oxygen atoms in total. The third-order valence-electron chi connectivity index (χ3n) is 3.92. The maximum absolute atomic E-state index is 12.5. The minimum atomic E-state index is -3.45. The van der Waals surface area contributed by atoms with Gasteiger partial charge in [0.2, 0.25) is 10.0 Å². The van der Waals surface area contributed by atoms with Crippen LogP contribution in [0, 0.1) is 6.92 Å². The normalized spacial score (nSPS) is 11.0. The van der Waals surface area contributed by atoms with Crippen LogP contribution in [0.3, 0.4) is 0 Å². The average molecular weight is 448 g/mol. The van der Waals surface area contributed by atoms with Crippen LogP contribution in [0.2, 0.25) is 0 Å². The van der Waals surface area contributed by atoms with Gasteiger partial charge < -0.3 is 14.8 Å². The molecule has 0 radical (unpaired) electrons. The molecule has 0 aliphatic rings. The lowest BCUT2D eigenvalue weighted by atomic mass is 10.2. The molecule has 0 bridgehead atoms. The molecule has 0 fully saturated rings. The van der Waals surface area contributed by atoms with Crippen molar-refractivity contribution in [3.63, 3.8) is 0 Å². The minimum absolute atomic E-state index is 0.264. The van der Waals surface area contributed by atoms with E-state index in [1.807, 2.05) is 31.2 Å². The number of nitrogens with one attached hydrogen (secondary N) is 2. The van der Waals surface area contributed by atoms with Crippen LogP contribution >= 0.6 is 11.3 Å². The van der Waals surface area contributed by atoms with E-state index in [0.29, 0.717) is 10.7 Å². The van der Waals surface area contributed by atoms with Crippen molar-refractivity contribution in [2.75, 3.05) is 23.4 Å². The number of aryl methyl sites for hydroxylation is 1. The SMILES string of the molecule is COc1cc(NC(=O)c2csc(COc3ccc(C)cc3)n2)ccc1NS(C)(=O)=O. The Kier molecular flexibility index (Phi) is 6.58. The molecule has 1 heterocycles. The third kappa shape index (κ3) is 5.94. The molecule has 2 aromatic carbocycles. The lowest BCUT2D eigenvalue weighted by molar-refractivity contribution is 0.102. The van der Waals surface area contributed by atoms with Gasteiger partial charge in [0.05, 0.1) is 19.1 Å². The number of nitrogens with zero attached hydrogens (tertiary/aromatic N) is 1. The Labute approximate surface area is 178 Å². The number of sulfonamides is 1. The van der Waals surface area contributed by atoms with Gasteiger partial charge in [0, 0.05) is 17.1 Å². The van der Waals surface area contributed by atoms with Crippen molar-refractivity contribution in [2.45, 2.75) is 13.5 Å². The maximum atomic E-state index is 12.5. The number of rotatable bonds is 8. The van der Waals surface area contributed by atoms with Gasteiger partial charge >= 0.3 is 0 Å². The van der Waals surface area contributed by atoms with Gasteiger partial charge in [0.25, 0.3) is 5.91 Å². The molecule has 158 valence electrons. The summed E-state index contributed by atoms with van der Waals surface area (Å²) in [5.41, 5.74) is 2.13. The van der Waals surface area contributed by atoms with Gasteiger partial charge in [-0.3, -0.25) is 9.52 Å². The summed E-state index contributed by atoms with van der Waals surface area (Å²) in [6.07, 6.45) is 1.05. The van der Waals surface area contributed by atoms with E-state index in [1.165, 1.54) is 30.6 Å². The number of amides is 1. The van der Waals surface area contributed by atoms with Crippen LogP contribution in [-0.2, 0) is 16.6 Å². The molecule has 30 heavy (non-hydrogen) atoms. The first-order valence-electron chi connectivity index (χ1n) is 8.84. The molecule has 2 N–H and O–H groups in total. The van der Waals surface area contributed by atoms with Crippen molar-refractivity contribution in [3.05, 3.63) is 64.1 Å². The van der Waals surface area contributed by atoms with Crippen LogP contribution in [0.5, 0.6) is 11.5 Å². The van der Waals surface area contributed by atoms with E-state index in [2.05, 4.69) is 15.0 Å². The topological polar surface area (TPSA) is 107 Å². The predicted molar refractivity (Wildman–Crippen MR) is 117 cm³/mol. The van der Waals surface area contributed by atoms with E-state index in [1.54, 1.807) is 11.4 Å². The number of methoxy groups -OCH3 is 1. The first-order valence-corrected chi connectivity index (χ1v) is 11.6. The van der Waals surface area contributed by atoms with Crippen molar-refractivity contribution < 1.29 is 22.7 Å². The lowest BCUT2D eigenvalue weighted by Crippen LogP contribution is -2.14. The lowest BCUT2D eigenvalue weighted by Gasteiger charge is -2.12. The molecule has 1 amide bonds. The Morgan fingerprint density at radius 1 is 1.17 bits per heavy atom. The Balaban J connectivity index is 1.64. The smallest absolute Gasteiger partial charge is 0.275 e. The van der Waals surface area contributed by atoms with Gasteiger partial charge in [0.1, 0.15) is 28.8 Å². The van der Waals surface area contributed by atoms with Gasteiger partial charge in [-0.25, -0.2) is 13.4 Å². The molecule has 0 saturated heterocycles. The second kappa shape index (κ2) is 9.14. The van der Waals surface area contributed by atoms with Crippen molar-refractivity contribution in [3.8, 4) is 11.5 Å². The molecule has 0 aliphatic heterocycles. The zero-order valence-electron chi connectivity index (χ0n) is 16.6. The zero-order chi connectivity index (χ0) is 21.7. The Morgan fingerprint density at radius 3 is 2.57 bits per heavy atom. The predicted octanol–water partition coefficient (Wildman–Crippen LogP) is 3.66. The zero-order valence-corrected chi connectivity index (χ0v) is 18.3. The highest BCUT2D eigenvalue weighted by molar-refractivity contribution is 7.92. The Morgan fingerprint density at radius 2 is 1.90 bits per heavy atom. The van der Waals surface area contributed by atoms with E-state index in [0.717, 1.165) is 17.6 Å². The number of anilines is 2. The number of hydrogen-bond acceptors (Lipinski definition) is 7. The minimum Gasteiger partial charge on any atom is -0.494 e. The average Bonchev–Trinajstić information content (AvgIpc) is 3.17. The highest BCUT2D eigenvalue weighted by Gasteiger charge is 2.14. The number of carbonyl (C=O) groups is 1. The van der Waals surface area contributed by atoms with Gasteiger partial charge in [-0.15, -0.1) is 11.3 Å². The standard InChI is InChI=1S/C20H21N3O5S2/c1-13-4-7-15(8-5-13)28-11-19-22-17(12-29-19)20(24)21-14-6-9-16(18(10-14)27-2)23-30(3,25)26/h4-10,12,23H,11H2,1-3H3,(H,21,24). The number of ether oxygens (including phenoxy) is 2. The fourth-order valence-electron chi connectivity index (χ4n) is 2.51. The molecule has 3 rings (SSSR count). The third-order valence-corrected chi connectivity index (χ3v) is 5.34. The molecule has 3 aromatic rings. The largest absolute Gasteiger partial charge is 0.494 e. The molecule has 0 spiro atoms. The molecular weight excluding hydrogens is 426 g/mol. The molecular formula is C20H21N3O5S2. The van der Waals surface area contributed by atoms with E-state index in [4.69, 9.17) is 9.47 Å². The molecule has 1 aromatic heterocycles. The van der Waals surface area contributed by atoms with E-state index in [9.17, 15) is 13.2 Å². The molecule has 0 aliphatic carbocycles. The van der Waals surface area contributed by atoms with Crippen molar-refractivity contribution in [1.29, 1.82) is 0 Å². The molecule has 0 atom stereocenters. The van der Waals surface area contributed by atoms with E-state index in [-0.39, 0.29) is 23.7 Å². The van der Waals surface area contributed by atoms with Gasteiger partial charge in [-0.2, -0.15) is 0 Å². The van der Waals surface area contributed by atoms with Crippen molar-refractivity contribution in [2.24, 2.45) is 0 Å². The molecule has 0 saturated carbocycles. The summed E-state index contributed by atoms with van der Waals surface area (Å²) < 4.78 is 36.1.